The van der Waals surface area contributed by atoms with E-state index in [-0.39, 0.29) is 0 Å². The maximum Gasteiger partial charge on any atom is 0.225 e. The zero-order chi connectivity index (χ0) is 10.5. The zero-order valence-corrected chi connectivity index (χ0v) is 8.99. The van der Waals surface area contributed by atoms with Gasteiger partial charge in [0.25, 0.3) is 0 Å². The molecule has 78 valence electrons. The number of benzene rings is 1. The summed E-state index contributed by atoms with van der Waals surface area (Å²) in [5.41, 5.74) is 1.13. The Hall–Kier alpha value is -1.69. The Morgan fingerprint density at radius 2 is 2.40 bits per heavy atom. The molecule has 0 bridgehead atoms. The number of nitrogens with zero attached hydrogens (tertiary/aromatic N) is 3. The smallest absolute Gasteiger partial charge is 0.225 e. The van der Waals surface area contributed by atoms with E-state index < -0.39 is 0 Å². The highest BCUT2D eigenvalue weighted by atomic mass is 32.1. The molecular weight excluding hydrogens is 212 g/mol. The Bertz CT molecular complexity index is 418. The van der Waals surface area contributed by atoms with E-state index in [9.17, 15) is 0 Å². The first-order chi connectivity index (χ1) is 7.38. The van der Waals surface area contributed by atoms with Crippen molar-refractivity contribution in [2.24, 2.45) is 0 Å². The van der Waals surface area contributed by atoms with Gasteiger partial charge < -0.3 is 10.1 Å². The van der Waals surface area contributed by atoms with Gasteiger partial charge in [0.05, 0.1) is 7.11 Å². The van der Waals surface area contributed by atoms with E-state index >= 15 is 0 Å². The molecule has 0 saturated heterocycles. The Morgan fingerprint density at radius 1 is 1.47 bits per heavy atom. The molecule has 0 aliphatic heterocycles. The molecule has 0 amide bonds. The average Bonchev–Trinajstić information content (AvgIpc) is 2.79. The summed E-state index contributed by atoms with van der Waals surface area (Å²) in [5, 5.41) is 11.1. The van der Waals surface area contributed by atoms with Crippen molar-refractivity contribution in [3.63, 3.8) is 0 Å². The first-order valence-electron chi connectivity index (χ1n) is 4.40. The van der Waals surface area contributed by atoms with E-state index in [1.54, 1.807) is 7.11 Å². The Labute approximate surface area is 91.3 Å². The molecule has 1 aromatic carbocycles. The van der Waals surface area contributed by atoms with Crippen molar-refractivity contribution in [3.05, 3.63) is 29.8 Å². The van der Waals surface area contributed by atoms with E-state index in [2.05, 4.69) is 20.1 Å². The average molecular weight is 222 g/mol. The molecule has 0 aliphatic carbocycles. The second-order valence-corrected chi connectivity index (χ2v) is 3.61. The number of hydrogen-bond acceptors (Lipinski definition) is 6. The van der Waals surface area contributed by atoms with Crippen LogP contribution in [0.5, 0.6) is 5.75 Å². The van der Waals surface area contributed by atoms with E-state index in [1.165, 1.54) is 11.5 Å². The van der Waals surface area contributed by atoms with Gasteiger partial charge in [-0.3, -0.25) is 0 Å². The summed E-state index contributed by atoms with van der Waals surface area (Å²) in [6, 6.07) is 7.86. The number of aromatic nitrogens is 3. The Morgan fingerprint density at radius 3 is 3.13 bits per heavy atom. The zero-order valence-electron chi connectivity index (χ0n) is 8.17. The fraction of sp³-hybridized carbons (Fsp3) is 0.222. The normalized spacial score (nSPS) is 9.93. The molecule has 1 N–H and O–H groups in total. The summed E-state index contributed by atoms with van der Waals surface area (Å²) in [4.78, 5) is 0. The highest BCUT2D eigenvalue weighted by Crippen LogP contribution is 2.14. The lowest BCUT2D eigenvalue weighted by atomic mass is 10.2. The third-order valence-electron chi connectivity index (χ3n) is 1.88. The van der Waals surface area contributed by atoms with E-state index in [0.29, 0.717) is 6.54 Å². The van der Waals surface area contributed by atoms with Crippen LogP contribution < -0.4 is 10.1 Å². The fourth-order valence-electron chi connectivity index (χ4n) is 1.16. The summed E-state index contributed by atoms with van der Waals surface area (Å²) < 4.78 is 8.79. The Balaban J connectivity index is 1.98. The van der Waals surface area contributed by atoms with Crippen LogP contribution in [0.15, 0.2) is 24.3 Å². The second kappa shape index (κ2) is 4.70. The van der Waals surface area contributed by atoms with Crippen LogP contribution >= 0.6 is 11.5 Å². The van der Waals surface area contributed by atoms with Gasteiger partial charge in [-0.15, -0.1) is 0 Å². The molecule has 1 heterocycles. The number of rotatable bonds is 4. The van der Waals surface area contributed by atoms with Gasteiger partial charge in [0.1, 0.15) is 5.75 Å². The van der Waals surface area contributed by atoms with Crippen molar-refractivity contribution >= 4 is 16.7 Å². The monoisotopic (exact) mass is 222 g/mol. The molecule has 0 atom stereocenters. The van der Waals surface area contributed by atoms with Crippen LogP contribution in [0.2, 0.25) is 0 Å². The third-order valence-corrected chi connectivity index (χ3v) is 2.43. The minimum absolute atomic E-state index is 0.689. The van der Waals surface area contributed by atoms with Crippen LogP contribution in [0.25, 0.3) is 0 Å². The van der Waals surface area contributed by atoms with Gasteiger partial charge in [-0.05, 0) is 22.9 Å². The molecule has 0 fully saturated rings. The molecule has 0 aliphatic rings. The van der Waals surface area contributed by atoms with Crippen molar-refractivity contribution in [2.45, 2.75) is 6.54 Å². The standard InChI is InChI=1S/C9H10N4OS/c1-14-8-4-2-3-7(5-8)6-10-9-11-12-13-15-9/h2-5H,6H2,1H3,(H,10,11,13). The molecule has 2 rings (SSSR count). The fourth-order valence-corrected chi connectivity index (χ4v) is 1.52. The van der Waals surface area contributed by atoms with E-state index in [0.717, 1.165) is 16.4 Å². The van der Waals surface area contributed by atoms with Crippen molar-refractivity contribution < 1.29 is 4.74 Å². The van der Waals surface area contributed by atoms with Crippen LogP contribution in [0, 0.1) is 0 Å². The van der Waals surface area contributed by atoms with Gasteiger partial charge in [0.2, 0.25) is 5.13 Å². The van der Waals surface area contributed by atoms with Crippen LogP contribution in [-0.2, 0) is 6.54 Å². The summed E-state index contributed by atoms with van der Waals surface area (Å²) in [7, 11) is 1.65. The molecule has 0 spiro atoms. The number of ether oxygens (including phenoxy) is 1. The molecule has 0 unspecified atom stereocenters. The van der Waals surface area contributed by atoms with Gasteiger partial charge in [-0.2, -0.15) is 0 Å². The summed E-state index contributed by atoms with van der Waals surface area (Å²) >= 11 is 1.24. The molecule has 5 nitrogen and oxygen atoms in total. The van der Waals surface area contributed by atoms with Crippen LogP contribution in [0.1, 0.15) is 5.56 Å². The number of anilines is 1. The van der Waals surface area contributed by atoms with Gasteiger partial charge in [0, 0.05) is 18.1 Å². The highest BCUT2D eigenvalue weighted by molar-refractivity contribution is 7.09. The first kappa shape index (κ1) is 9.85. The SMILES string of the molecule is COc1cccc(CNc2nnns2)c1. The lowest BCUT2D eigenvalue weighted by Gasteiger charge is -2.04. The van der Waals surface area contributed by atoms with E-state index in [1.807, 2.05) is 24.3 Å². The predicted octanol–water partition coefficient (Wildman–Crippen LogP) is 1.55. The lowest BCUT2D eigenvalue weighted by Crippen LogP contribution is -1.99. The van der Waals surface area contributed by atoms with E-state index in [4.69, 9.17) is 4.74 Å². The third kappa shape index (κ3) is 2.63. The molecule has 6 heteroatoms. The van der Waals surface area contributed by atoms with Gasteiger partial charge in [-0.25, -0.2) is 0 Å². The second-order valence-electron chi connectivity index (χ2n) is 2.87. The van der Waals surface area contributed by atoms with Crippen molar-refractivity contribution in [1.29, 1.82) is 0 Å². The highest BCUT2D eigenvalue weighted by Gasteiger charge is 1.98. The largest absolute Gasteiger partial charge is 0.497 e. The van der Waals surface area contributed by atoms with Crippen molar-refractivity contribution in [3.8, 4) is 5.75 Å². The molecular formula is C9H10N4OS. The number of nitrogens with one attached hydrogen (secondary N) is 1. The van der Waals surface area contributed by atoms with Crippen LogP contribution in [0.3, 0.4) is 0 Å². The van der Waals surface area contributed by atoms with Crippen LogP contribution in [0.4, 0.5) is 5.13 Å². The molecule has 2 aromatic rings. The first-order valence-corrected chi connectivity index (χ1v) is 5.17. The van der Waals surface area contributed by atoms with Crippen molar-refractivity contribution in [1.82, 2.24) is 14.8 Å². The number of hydrogen-bond donors (Lipinski definition) is 1. The molecule has 1 aromatic heterocycles. The minimum atomic E-state index is 0.689. The Kier molecular flexibility index (Phi) is 3.08. The molecule has 15 heavy (non-hydrogen) atoms. The van der Waals surface area contributed by atoms with Crippen molar-refractivity contribution in [2.75, 3.05) is 12.4 Å². The number of methoxy groups -OCH3 is 1. The minimum Gasteiger partial charge on any atom is -0.497 e. The van der Waals surface area contributed by atoms with Gasteiger partial charge in [-0.1, -0.05) is 21.7 Å². The maximum absolute atomic E-state index is 5.13. The maximum atomic E-state index is 5.13. The summed E-state index contributed by atoms with van der Waals surface area (Å²) in [5.74, 6) is 0.852. The van der Waals surface area contributed by atoms with Gasteiger partial charge in [0.15, 0.2) is 0 Å². The quantitative estimate of drug-likeness (QED) is 0.850. The lowest BCUT2D eigenvalue weighted by molar-refractivity contribution is 0.414. The molecule has 0 radical (unpaired) electrons. The van der Waals surface area contributed by atoms with Gasteiger partial charge >= 0.3 is 0 Å². The summed E-state index contributed by atoms with van der Waals surface area (Å²) in [6.07, 6.45) is 0. The predicted molar refractivity (Wildman–Crippen MR) is 58.0 cm³/mol. The molecule has 0 saturated carbocycles. The summed E-state index contributed by atoms with van der Waals surface area (Å²) in [6.45, 7) is 0.689. The van der Waals surface area contributed by atoms with Crippen LogP contribution in [-0.4, -0.2) is 21.9 Å². The topological polar surface area (TPSA) is 59.9 Å².